The Morgan fingerprint density at radius 3 is 2.54 bits per heavy atom. The SMILES string of the molecule is CCC(N)CN(C)C(=O)c1c(-c2cc(C)cc(F)c2)cnc2ccc(-c3cc(O)ccc3C)cc12. The van der Waals surface area contributed by atoms with Gasteiger partial charge in [0.2, 0.25) is 0 Å². The first-order valence-electron chi connectivity index (χ1n) is 11.7. The molecule has 3 N–H and O–H groups in total. The minimum Gasteiger partial charge on any atom is -0.508 e. The first kappa shape index (κ1) is 24.4. The Labute approximate surface area is 205 Å². The number of hydrogen-bond acceptors (Lipinski definition) is 4. The Balaban J connectivity index is 1.99. The number of aryl methyl sites for hydroxylation is 2. The summed E-state index contributed by atoms with van der Waals surface area (Å²) < 4.78 is 14.3. The molecule has 6 heteroatoms. The lowest BCUT2D eigenvalue weighted by molar-refractivity contribution is 0.0788. The van der Waals surface area contributed by atoms with Crippen molar-refractivity contribution >= 4 is 16.8 Å². The fourth-order valence-corrected chi connectivity index (χ4v) is 4.38. The van der Waals surface area contributed by atoms with E-state index >= 15 is 0 Å². The van der Waals surface area contributed by atoms with Crippen molar-refractivity contribution < 1.29 is 14.3 Å². The molecule has 3 aromatic carbocycles. The number of aromatic hydroxyl groups is 1. The second-order valence-corrected chi connectivity index (χ2v) is 9.15. The van der Waals surface area contributed by atoms with E-state index in [2.05, 4.69) is 4.98 Å². The van der Waals surface area contributed by atoms with Gasteiger partial charge < -0.3 is 15.7 Å². The van der Waals surface area contributed by atoms with Crippen molar-refractivity contribution in [3.05, 3.63) is 83.3 Å². The molecule has 0 radical (unpaired) electrons. The molecule has 0 fully saturated rings. The van der Waals surface area contributed by atoms with E-state index in [-0.39, 0.29) is 23.5 Å². The highest BCUT2D eigenvalue weighted by Gasteiger charge is 2.23. The molecule has 1 heterocycles. The van der Waals surface area contributed by atoms with Gasteiger partial charge in [-0.25, -0.2) is 4.39 Å². The van der Waals surface area contributed by atoms with Crippen LogP contribution < -0.4 is 5.73 Å². The van der Waals surface area contributed by atoms with Gasteiger partial charge in [-0.05, 0) is 84.5 Å². The number of hydrogen-bond donors (Lipinski definition) is 2. The largest absolute Gasteiger partial charge is 0.508 e. The number of benzene rings is 3. The molecule has 0 bridgehead atoms. The lowest BCUT2D eigenvalue weighted by Crippen LogP contribution is -2.38. The molecule has 0 saturated carbocycles. The van der Waals surface area contributed by atoms with E-state index in [9.17, 15) is 14.3 Å². The Morgan fingerprint density at radius 2 is 1.83 bits per heavy atom. The fourth-order valence-electron chi connectivity index (χ4n) is 4.38. The number of carbonyl (C=O) groups is 1. The predicted octanol–water partition coefficient (Wildman–Crippen LogP) is 5.84. The number of aromatic nitrogens is 1. The van der Waals surface area contributed by atoms with Gasteiger partial charge in [-0.15, -0.1) is 0 Å². The van der Waals surface area contributed by atoms with Crippen molar-refractivity contribution in [2.75, 3.05) is 13.6 Å². The van der Waals surface area contributed by atoms with E-state index in [1.165, 1.54) is 12.1 Å². The molecule has 0 spiro atoms. The summed E-state index contributed by atoms with van der Waals surface area (Å²) in [5, 5.41) is 10.7. The number of phenolic OH excluding ortho intramolecular Hbond substituents is 1. The summed E-state index contributed by atoms with van der Waals surface area (Å²) in [5.74, 6) is -0.413. The van der Waals surface area contributed by atoms with Crippen LogP contribution in [0.2, 0.25) is 0 Å². The van der Waals surface area contributed by atoms with Crippen LogP contribution in [-0.2, 0) is 0 Å². The van der Waals surface area contributed by atoms with E-state index in [0.717, 1.165) is 28.7 Å². The van der Waals surface area contributed by atoms with Crippen molar-refractivity contribution in [3.8, 4) is 28.0 Å². The van der Waals surface area contributed by atoms with Crippen LogP contribution in [0.25, 0.3) is 33.2 Å². The highest BCUT2D eigenvalue weighted by molar-refractivity contribution is 6.12. The number of carbonyl (C=O) groups excluding carboxylic acids is 1. The van der Waals surface area contributed by atoms with Gasteiger partial charge in [0.25, 0.3) is 5.91 Å². The van der Waals surface area contributed by atoms with Gasteiger partial charge in [-0.3, -0.25) is 9.78 Å². The lowest BCUT2D eigenvalue weighted by atomic mass is 9.92. The predicted molar refractivity (Wildman–Crippen MR) is 139 cm³/mol. The van der Waals surface area contributed by atoms with Crippen molar-refractivity contribution in [1.82, 2.24) is 9.88 Å². The Morgan fingerprint density at radius 1 is 1.06 bits per heavy atom. The van der Waals surface area contributed by atoms with E-state index in [1.807, 2.05) is 51.1 Å². The first-order valence-corrected chi connectivity index (χ1v) is 11.7. The summed E-state index contributed by atoms with van der Waals surface area (Å²) in [6, 6.07) is 15.5. The molecule has 1 unspecified atom stereocenters. The average molecular weight is 472 g/mol. The topological polar surface area (TPSA) is 79.5 Å². The van der Waals surface area contributed by atoms with Crippen LogP contribution in [0.5, 0.6) is 5.75 Å². The summed E-state index contributed by atoms with van der Waals surface area (Å²) in [5.41, 5.74) is 11.9. The summed E-state index contributed by atoms with van der Waals surface area (Å²) in [4.78, 5) is 20.1. The summed E-state index contributed by atoms with van der Waals surface area (Å²) >= 11 is 0. The zero-order valence-electron chi connectivity index (χ0n) is 20.5. The molecule has 5 nitrogen and oxygen atoms in total. The highest BCUT2D eigenvalue weighted by atomic mass is 19.1. The van der Waals surface area contributed by atoms with Crippen LogP contribution in [0.3, 0.4) is 0 Å². The normalized spacial score (nSPS) is 12.1. The molecular weight excluding hydrogens is 441 g/mol. The zero-order chi connectivity index (χ0) is 25.3. The van der Waals surface area contributed by atoms with E-state index in [0.29, 0.717) is 34.1 Å². The average Bonchev–Trinajstić information content (AvgIpc) is 2.83. The minimum absolute atomic E-state index is 0.151. The zero-order valence-corrected chi connectivity index (χ0v) is 20.5. The first-order chi connectivity index (χ1) is 16.7. The van der Waals surface area contributed by atoms with Crippen LogP contribution in [-0.4, -0.2) is 40.5 Å². The van der Waals surface area contributed by atoms with Gasteiger partial charge in [0.15, 0.2) is 0 Å². The number of rotatable bonds is 6. The fraction of sp³-hybridized carbons (Fsp3) is 0.241. The van der Waals surface area contributed by atoms with Crippen LogP contribution >= 0.6 is 0 Å². The molecule has 0 aliphatic carbocycles. The molecule has 0 aliphatic rings. The quantitative estimate of drug-likeness (QED) is 0.370. The second kappa shape index (κ2) is 9.84. The maximum absolute atomic E-state index is 14.3. The Hall–Kier alpha value is -3.77. The standard InChI is InChI=1S/C29H30FN3O2/c1-5-22(31)16-33(4)29(35)28-25-13-19(24-14-23(34)8-6-18(24)3)7-9-27(25)32-15-26(28)20-10-17(2)11-21(30)12-20/h6-15,22,34H,5,16,31H2,1-4H3. The van der Waals surface area contributed by atoms with Gasteiger partial charge in [-0.2, -0.15) is 0 Å². The lowest BCUT2D eigenvalue weighted by Gasteiger charge is -2.23. The van der Waals surface area contributed by atoms with E-state index < -0.39 is 0 Å². The maximum atomic E-state index is 14.3. The smallest absolute Gasteiger partial charge is 0.255 e. The number of pyridine rings is 1. The molecule has 4 aromatic rings. The Bertz CT molecular complexity index is 1400. The summed E-state index contributed by atoms with van der Waals surface area (Å²) in [6.07, 6.45) is 2.38. The van der Waals surface area contributed by atoms with Crippen LogP contribution in [0.1, 0.15) is 34.8 Å². The molecule has 0 saturated heterocycles. The maximum Gasteiger partial charge on any atom is 0.255 e. The van der Waals surface area contributed by atoms with E-state index in [4.69, 9.17) is 5.73 Å². The molecule has 1 atom stereocenters. The third kappa shape index (κ3) is 5.03. The third-order valence-corrected chi connectivity index (χ3v) is 6.35. The van der Waals surface area contributed by atoms with Crippen molar-refractivity contribution in [1.29, 1.82) is 0 Å². The van der Waals surface area contributed by atoms with Gasteiger partial charge in [0, 0.05) is 36.8 Å². The van der Waals surface area contributed by atoms with Gasteiger partial charge >= 0.3 is 0 Å². The second-order valence-electron chi connectivity index (χ2n) is 9.15. The number of nitrogens with zero attached hydrogens (tertiary/aromatic N) is 2. The molecule has 180 valence electrons. The summed E-state index contributed by atoms with van der Waals surface area (Å²) in [7, 11) is 1.73. The third-order valence-electron chi connectivity index (χ3n) is 6.35. The van der Waals surface area contributed by atoms with Crippen molar-refractivity contribution in [2.45, 2.75) is 33.2 Å². The van der Waals surface area contributed by atoms with Gasteiger partial charge in [0.1, 0.15) is 11.6 Å². The van der Waals surface area contributed by atoms with Crippen LogP contribution in [0.4, 0.5) is 4.39 Å². The monoisotopic (exact) mass is 471 g/mol. The molecular formula is C29H30FN3O2. The number of nitrogens with two attached hydrogens (primary N) is 1. The van der Waals surface area contributed by atoms with Crippen molar-refractivity contribution in [2.24, 2.45) is 5.73 Å². The molecule has 1 aromatic heterocycles. The molecule has 35 heavy (non-hydrogen) atoms. The Kier molecular flexibility index (Phi) is 6.85. The minimum atomic E-state index is -0.371. The number of fused-ring (bicyclic) bond motifs is 1. The number of phenols is 1. The highest BCUT2D eigenvalue weighted by Crippen LogP contribution is 2.35. The number of halogens is 1. The van der Waals surface area contributed by atoms with Gasteiger partial charge in [0.05, 0.1) is 11.1 Å². The number of likely N-dealkylation sites (N-methyl/N-ethyl adjacent to an activating group) is 1. The van der Waals surface area contributed by atoms with Crippen LogP contribution in [0.15, 0.2) is 60.8 Å². The van der Waals surface area contributed by atoms with Gasteiger partial charge in [-0.1, -0.05) is 25.1 Å². The molecule has 1 amide bonds. The molecule has 0 aliphatic heterocycles. The number of amides is 1. The summed E-state index contributed by atoms with van der Waals surface area (Å²) in [6.45, 7) is 6.16. The van der Waals surface area contributed by atoms with Crippen molar-refractivity contribution in [3.63, 3.8) is 0 Å². The molecule has 4 rings (SSSR count). The van der Waals surface area contributed by atoms with Crippen LogP contribution in [0, 0.1) is 19.7 Å². The van der Waals surface area contributed by atoms with E-state index in [1.54, 1.807) is 30.3 Å².